The van der Waals surface area contributed by atoms with Gasteiger partial charge in [-0.1, -0.05) is 26.0 Å². The van der Waals surface area contributed by atoms with Crippen molar-refractivity contribution in [3.05, 3.63) is 48.0 Å². The van der Waals surface area contributed by atoms with Crippen molar-refractivity contribution < 1.29 is 28.6 Å². The lowest BCUT2D eigenvalue weighted by atomic mass is 10.0. The molecule has 182 valence electrons. The fourth-order valence-corrected chi connectivity index (χ4v) is 3.60. The molecule has 0 spiro atoms. The number of anilines is 1. The van der Waals surface area contributed by atoms with Gasteiger partial charge in [-0.2, -0.15) is 0 Å². The molecule has 0 fully saturated rings. The van der Waals surface area contributed by atoms with E-state index in [1.54, 1.807) is 49.4 Å². The molecule has 9 heteroatoms. The quantitative estimate of drug-likeness (QED) is 0.585. The van der Waals surface area contributed by atoms with E-state index in [2.05, 4.69) is 10.6 Å². The third kappa shape index (κ3) is 5.98. The maximum absolute atomic E-state index is 13.3. The Kier molecular flexibility index (Phi) is 8.34. The van der Waals surface area contributed by atoms with Gasteiger partial charge in [0.1, 0.15) is 25.0 Å². The summed E-state index contributed by atoms with van der Waals surface area (Å²) >= 11 is 0. The standard InChI is InChI=1S/C25H31N3O6/c1-5-28(15-22(29)26-17-10-11-20-21(14-17)34-13-12-33-20)25(31)23(16(2)3)27-24(30)18-8-6-7-9-19(18)32-4/h6-11,14,16,23H,5,12-13,15H2,1-4H3,(H,26,29)(H,27,30). The molecule has 0 radical (unpaired) electrons. The Morgan fingerprint density at radius 2 is 1.76 bits per heavy atom. The average molecular weight is 470 g/mol. The van der Waals surface area contributed by atoms with E-state index in [1.165, 1.54) is 12.0 Å². The second-order valence-corrected chi connectivity index (χ2v) is 8.15. The molecule has 2 aromatic rings. The Morgan fingerprint density at radius 1 is 1.06 bits per heavy atom. The van der Waals surface area contributed by atoms with E-state index >= 15 is 0 Å². The monoisotopic (exact) mass is 469 g/mol. The van der Waals surface area contributed by atoms with Crippen molar-refractivity contribution in [1.82, 2.24) is 10.2 Å². The first-order chi connectivity index (χ1) is 16.3. The molecule has 1 heterocycles. The summed E-state index contributed by atoms with van der Waals surface area (Å²) in [5, 5.41) is 5.60. The highest BCUT2D eigenvalue weighted by Gasteiger charge is 2.30. The van der Waals surface area contributed by atoms with E-state index in [1.807, 2.05) is 13.8 Å². The largest absolute Gasteiger partial charge is 0.496 e. The van der Waals surface area contributed by atoms with Crippen LogP contribution >= 0.6 is 0 Å². The third-order valence-corrected chi connectivity index (χ3v) is 5.42. The average Bonchev–Trinajstić information content (AvgIpc) is 2.84. The number of benzene rings is 2. The summed E-state index contributed by atoms with van der Waals surface area (Å²) in [6.07, 6.45) is 0. The Hall–Kier alpha value is -3.75. The Labute approximate surface area is 199 Å². The van der Waals surface area contributed by atoms with Gasteiger partial charge in [0.2, 0.25) is 11.8 Å². The molecule has 2 N–H and O–H groups in total. The number of para-hydroxylation sites is 1. The molecule has 0 saturated heterocycles. The van der Waals surface area contributed by atoms with Crippen LogP contribution in [0.4, 0.5) is 5.69 Å². The molecule has 9 nitrogen and oxygen atoms in total. The summed E-state index contributed by atoms with van der Waals surface area (Å²) < 4.78 is 16.3. The summed E-state index contributed by atoms with van der Waals surface area (Å²) in [7, 11) is 1.48. The number of likely N-dealkylation sites (N-methyl/N-ethyl adjacent to an activating group) is 1. The maximum Gasteiger partial charge on any atom is 0.255 e. The first-order valence-corrected chi connectivity index (χ1v) is 11.3. The van der Waals surface area contributed by atoms with Crippen molar-refractivity contribution in [2.45, 2.75) is 26.8 Å². The van der Waals surface area contributed by atoms with Gasteiger partial charge in [0.25, 0.3) is 5.91 Å². The van der Waals surface area contributed by atoms with Crippen LogP contribution in [0.3, 0.4) is 0 Å². The van der Waals surface area contributed by atoms with E-state index < -0.39 is 11.9 Å². The molecule has 0 bridgehead atoms. The minimum atomic E-state index is -0.806. The van der Waals surface area contributed by atoms with Crippen LogP contribution in [0.1, 0.15) is 31.1 Å². The summed E-state index contributed by atoms with van der Waals surface area (Å²) in [5.74, 6) is 0.304. The van der Waals surface area contributed by atoms with Gasteiger partial charge in [-0.3, -0.25) is 14.4 Å². The van der Waals surface area contributed by atoms with Crippen molar-refractivity contribution >= 4 is 23.4 Å². The first-order valence-electron chi connectivity index (χ1n) is 11.3. The van der Waals surface area contributed by atoms with Gasteiger partial charge in [-0.05, 0) is 37.1 Å². The number of rotatable bonds is 9. The Bertz CT molecular complexity index is 1040. The molecule has 1 aliphatic rings. The molecule has 34 heavy (non-hydrogen) atoms. The van der Waals surface area contributed by atoms with Gasteiger partial charge in [0, 0.05) is 18.3 Å². The number of fused-ring (bicyclic) bond motifs is 1. The number of amides is 3. The number of hydrogen-bond acceptors (Lipinski definition) is 6. The SMILES string of the molecule is CCN(CC(=O)Nc1ccc2c(c1)OCCO2)C(=O)C(NC(=O)c1ccccc1OC)C(C)C. The molecule has 2 aromatic carbocycles. The van der Waals surface area contributed by atoms with Crippen LogP contribution in [0.15, 0.2) is 42.5 Å². The van der Waals surface area contributed by atoms with Crippen LogP contribution in [0.25, 0.3) is 0 Å². The maximum atomic E-state index is 13.3. The molecule has 1 aliphatic heterocycles. The van der Waals surface area contributed by atoms with Gasteiger partial charge < -0.3 is 29.7 Å². The molecule has 3 rings (SSSR count). The summed E-state index contributed by atoms with van der Waals surface area (Å²) in [4.78, 5) is 40.3. The topological polar surface area (TPSA) is 106 Å². The fraction of sp³-hybridized carbons (Fsp3) is 0.400. The number of hydrogen-bond donors (Lipinski definition) is 2. The lowest BCUT2D eigenvalue weighted by Gasteiger charge is -2.29. The van der Waals surface area contributed by atoms with Crippen LogP contribution in [0.2, 0.25) is 0 Å². The lowest BCUT2D eigenvalue weighted by Crippen LogP contribution is -2.52. The van der Waals surface area contributed by atoms with E-state index in [-0.39, 0.29) is 24.3 Å². The number of carbonyl (C=O) groups excluding carboxylic acids is 3. The number of carbonyl (C=O) groups is 3. The molecule has 1 unspecified atom stereocenters. The van der Waals surface area contributed by atoms with Gasteiger partial charge >= 0.3 is 0 Å². The smallest absolute Gasteiger partial charge is 0.255 e. The van der Waals surface area contributed by atoms with Crippen LogP contribution in [0, 0.1) is 5.92 Å². The highest BCUT2D eigenvalue weighted by Crippen LogP contribution is 2.32. The summed E-state index contributed by atoms with van der Waals surface area (Å²) in [6, 6.07) is 11.1. The lowest BCUT2D eigenvalue weighted by molar-refractivity contribution is -0.137. The summed E-state index contributed by atoms with van der Waals surface area (Å²) in [6.45, 7) is 6.55. The molecule has 0 saturated carbocycles. The number of nitrogens with one attached hydrogen (secondary N) is 2. The predicted octanol–water partition coefficient (Wildman–Crippen LogP) is 2.71. The number of nitrogens with zero attached hydrogens (tertiary/aromatic N) is 1. The second kappa shape index (κ2) is 11.4. The molecule has 3 amide bonds. The zero-order chi connectivity index (χ0) is 24.7. The predicted molar refractivity (Wildman–Crippen MR) is 127 cm³/mol. The van der Waals surface area contributed by atoms with Gasteiger partial charge in [-0.15, -0.1) is 0 Å². The molecule has 1 atom stereocenters. The van der Waals surface area contributed by atoms with E-state index in [9.17, 15) is 14.4 Å². The van der Waals surface area contributed by atoms with Gasteiger partial charge in [-0.25, -0.2) is 0 Å². The number of ether oxygens (including phenoxy) is 3. The zero-order valence-corrected chi connectivity index (χ0v) is 19.9. The Morgan fingerprint density at radius 3 is 2.44 bits per heavy atom. The molecular weight excluding hydrogens is 438 g/mol. The van der Waals surface area contributed by atoms with Crippen LogP contribution in [-0.4, -0.2) is 62.1 Å². The minimum Gasteiger partial charge on any atom is -0.496 e. The highest BCUT2D eigenvalue weighted by molar-refractivity contribution is 6.00. The van der Waals surface area contributed by atoms with E-state index in [0.717, 1.165) is 0 Å². The van der Waals surface area contributed by atoms with Crippen molar-refractivity contribution in [1.29, 1.82) is 0 Å². The van der Waals surface area contributed by atoms with Crippen molar-refractivity contribution in [3.63, 3.8) is 0 Å². The van der Waals surface area contributed by atoms with Gasteiger partial charge in [0.15, 0.2) is 11.5 Å². The van der Waals surface area contributed by atoms with Crippen LogP contribution < -0.4 is 24.8 Å². The van der Waals surface area contributed by atoms with Crippen LogP contribution in [0.5, 0.6) is 17.2 Å². The normalized spacial score (nSPS) is 13.1. The van der Waals surface area contributed by atoms with Crippen molar-refractivity contribution in [3.8, 4) is 17.2 Å². The summed E-state index contributed by atoms with van der Waals surface area (Å²) in [5.41, 5.74) is 0.880. The highest BCUT2D eigenvalue weighted by atomic mass is 16.6. The molecule has 0 aliphatic carbocycles. The van der Waals surface area contributed by atoms with E-state index in [4.69, 9.17) is 14.2 Å². The van der Waals surface area contributed by atoms with E-state index in [0.29, 0.717) is 48.3 Å². The number of methoxy groups -OCH3 is 1. The Balaban J connectivity index is 1.66. The first kappa shape index (κ1) is 24.9. The fourth-order valence-electron chi connectivity index (χ4n) is 3.60. The van der Waals surface area contributed by atoms with Gasteiger partial charge in [0.05, 0.1) is 19.2 Å². The minimum absolute atomic E-state index is 0.155. The second-order valence-electron chi connectivity index (χ2n) is 8.15. The van der Waals surface area contributed by atoms with Crippen molar-refractivity contribution in [2.24, 2.45) is 5.92 Å². The molecular formula is C25H31N3O6. The molecule has 0 aromatic heterocycles. The third-order valence-electron chi connectivity index (χ3n) is 5.42. The van der Waals surface area contributed by atoms with Crippen molar-refractivity contribution in [2.75, 3.05) is 38.7 Å². The zero-order valence-electron chi connectivity index (χ0n) is 19.9. The van der Waals surface area contributed by atoms with Crippen LogP contribution in [-0.2, 0) is 9.59 Å².